The van der Waals surface area contributed by atoms with Gasteiger partial charge in [0.1, 0.15) is 5.60 Å². The number of nitrogens with zero attached hydrogens (tertiary/aromatic N) is 1. The summed E-state index contributed by atoms with van der Waals surface area (Å²) >= 11 is 0. The molecule has 22 heavy (non-hydrogen) atoms. The molecule has 0 spiro atoms. The summed E-state index contributed by atoms with van der Waals surface area (Å²) < 4.78 is 11.7. The van der Waals surface area contributed by atoms with Crippen molar-refractivity contribution >= 4 is 5.91 Å². The van der Waals surface area contributed by atoms with Crippen LogP contribution in [0.25, 0.3) is 0 Å². The number of para-hydroxylation sites is 1. The normalized spacial score (nSPS) is 22.9. The van der Waals surface area contributed by atoms with Crippen LogP contribution in [-0.4, -0.2) is 36.1 Å². The molecular weight excluding hydrogens is 278 g/mol. The highest BCUT2D eigenvalue weighted by Crippen LogP contribution is 2.41. The molecule has 3 rings (SSSR count). The van der Waals surface area contributed by atoms with Crippen molar-refractivity contribution in [1.29, 1.82) is 0 Å². The van der Waals surface area contributed by atoms with Gasteiger partial charge in [-0.05, 0) is 38.7 Å². The lowest BCUT2D eigenvalue weighted by Crippen LogP contribution is -2.41. The molecule has 0 N–H and O–H groups in total. The number of amides is 1. The van der Waals surface area contributed by atoms with Gasteiger partial charge in [-0.25, -0.2) is 0 Å². The Morgan fingerprint density at radius 3 is 3.05 bits per heavy atom. The van der Waals surface area contributed by atoms with E-state index in [4.69, 9.17) is 9.47 Å². The number of piperidine rings is 1. The third-order valence-electron chi connectivity index (χ3n) is 4.42. The molecule has 0 saturated carbocycles. The smallest absolute Gasteiger partial charge is 0.260 e. The monoisotopic (exact) mass is 303 g/mol. The molecule has 0 radical (unpaired) electrons. The van der Waals surface area contributed by atoms with E-state index < -0.39 is 0 Å². The van der Waals surface area contributed by atoms with Crippen molar-refractivity contribution in [3.05, 3.63) is 23.8 Å². The molecule has 2 heterocycles. The topological polar surface area (TPSA) is 38.8 Å². The Bertz CT molecular complexity index is 567. The molecule has 0 aliphatic carbocycles. The highest BCUT2D eigenvalue weighted by Gasteiger charge is 2.32. The summed E-state index contributed by atoms with van der Waals surface area (Å²) in [5.74, 6) is 2.14. The van der Waals surface area contributed by atoms with Crippen LogP contribution < -0.4 is 9.47 Å². The number of carbonyl (C=O) groups is 1. The van der Waals surface area contributed by atoms with Crippen LogP contribution in [0.2, 0.25) is 0 Å². The number of hydrogen-bond acceptors (Lipinski definition) is 3. The number of fused-ring (bicyclic) bond motifs is 1. The number of rotatable bonds is 3. The van der Waals surface area contributed by atoms with Crippen molar-refractivity contribution < 1.29 is 14.3 Å². The van der Waals surface area contributed by atoms with E-state index in [-0.39, 0.29) is 18.1 Å². The van der Waals surface area contributed by atoms with Gasteiger partial charge in [-0.3, -0.25) is 4.79 Å². The SMILES string of the molecule is C[C@@H]1CCCN(C(=O)COc2cccc3c2OC(C)(C)C3)C1. The minimum atomic E-state index is -0.200. The average Bonchev–Trinajstić information content (AvgIpc) is 2.79. The third-order valence-corrected chi connectivity index (χ3v) is 4.42. The summed E-state index contributed by atoms with van der Waals surface area (Å²) in [4.78, 5) is 14.2. The molecule has 4 nitrogen and oxygen atoms in total. The van der Waals surface area contributed by atoms with Crippen LogP contribution in [0.15, 0.2) is 18.2 Å². The molecule has 0 aromatic heterocycles. The van der Waals surface area contributed by atoms with Crippen molar-refractivity contribution in [2.75, 3.05) is 19.7 Å². The second-order valence-corrected chi connectivity index (χ2v) is 7.16. The van der Waals surface area contributed by atoms with E-state index in [0.717, 1.165) is 37.2 Å². The summed E-state index contributed by atoms with van der Waals surface area (Å²) in [7, 11) is 0. The number of carbonyl (C=O) groups excluding carboxylic acids is 1. The van der Waals surface area contributed by atoms with E-state index in [1.165, 1.54) is 6.42 Å². The number of benzene rings is 1. The number of ether oxygens (including phenoxy) is 2. The quantitative estimate of drug-likeness (QED) is 0.861. The maximum atomic E-state index is 12.3. The summed E-state index contributed by atoms with van der Waals surface area (Å²) in [6.07, 6.45) is 3.17. The average molecular weight is 303 g/mol. The first-order valence-electron chi connectivity index (χ1n) is 8.16. The Hall–Kier alpha value is -1.71. The lowest BCUT2D eigenvalue weighted by Gasteiger charge is -2.30. The van der Waals surface area contributed by atoms with E-state index in [0.29, 0.717) is 11.7 Å². The van der Waals surface area contributed by atoms with Gasteiger partial charge in [0.2, 0.25) is 0 Å². The molecule has 1 atom stereocenters. The second kappa shape index (κ2) is 5.82. The zero-order valence-electron chi connectivity index (χ0n) is 13.7. The Morgan fingerprint density at radius 2 is 2.27 bits per heavy atom. The van der Waals surface area contributed by atoms with E-state index in [1.54, 1.807) is 0 Å². The van der Waals surface area contributed by atoms with Crippen LogP contribution in [0.5, 0.6) is 11.5 Å². The first-order chi connectivity index (χ1) is 10.4. The van der Waals surface area contributed by atoms with Gasteiger partial charge in [0.25, 0.3) is 5.91 Å². The number of hydrogen-bond donors (Lipinski definition) is 0. The Morgan fingerprint density at radius 1 is 1.45 bits per heavy atom. The van der Waals surface area contributed by atoms with Gasteiger partial charge < -0.3 is 14.4 Å². The molecule has 4 heteroatoms. The zero-order valence-corrected chi connectivity index (χ0v) is 13.7. The molecule has 1 aromatic carbocycles. The molecule has 2 aliphatic heterocycles. The van der Waals surface area contributed by atoms with Gasteiger partial charge in [0.05, 0.1) is 0 Å². The molecule has 1 saturated heterocycles. The fourth-order valence-corrected chi connectivity index (χ4v) is 3.35. The van der Waals surface area contributed by atoms with Gasteiger partial charge in [-0.1, -0.05) is 19.1 Å². The molecule has 1 aromatic rings. The molecule has 0 bridgehead atoms. The molecular formula is C18H25NO3. The van der Waals surface area contributed by atoms with Crippen molar-refractivity contribution in [2.45, 2.75) is 45.6 Å². The number of likely N-dealkylation sites (tertiary alicyclic amines) is 1. The Balaban J connectivity index is 1.63. The fourth-order valence-electron chi connectivity index (χ4n) is 3.35. The van der Waals surface area contributed by atoms with Gasteiger partial charge >= 0.3 is 0 Å². The summed E-state index contributed by atoms with van der Waals surface area (Å²) in [5, 5.41) is 0. The first kappa shape index (κ1) is 15.2. The van der Waals surface area contributed by atoms with Crippen molar-refractivity contribution in [3.8, 4) is 11.5 Å². The summed E-state index contributed by atoms with van der Waals surface area (Å²) in [6, 6.07) is 5.91. The van der Waals surface area contributed by atoms with Crippen LogP contribution in [0.4, 0.5) is 0 Å². The van der Waals surface area contributed by atoms with E-state index in [1.807, 2.05) is 17.0 Å². The van der Waals surface area contributed by atoms with E-state index in [2.05, 4.69) is 26.8 Å². The standard InChI is InChI=1S/C18H25NO3/c1-13-6-5-9-19(11-13)16(20)12-21-15-8-4-7-14-10-18(2,3)22-17(14)15/h4,7-8,13H,5-6,9-12H2,1-3H3/t13-/m1/s1. The second-order valence-electron chi connectivity index (χ2n) is 7.16. The van der Waals surface area contributed by atoms with Gasteiger partial charge in [0.15, 0.2) is 18.1 Å². The van der Waals surface area contributed by atoms with E-state index >= 15 is 0 Å². The van der Waals surface area contributed by atoms with Crippen molar-refractivity contribution in [1.82, 2.24) is 4.90 Å². The largest absolute Gasteiger partial charge is 0.483 e. The molecule has 120 valence electrons. The van der Waals surface area contributed by atoms with Crippen LogP contribution >= 0.6 is 0 Å². The Kier molecular flexibility index (Phi) is 4.02. The van der Waals surface area contributed by atoms with Gasteiger partial charge in [-0.2, -0.15) is 0 Å². The molecule has 1 amide bonds. The Labute approximate surface area is 132 Å². The maximum absolute atomic E-state index is 12.3. The predicted octanol–water partition coefficient (Wildman–Crippen LogP) is 3.04. The van der Waals surface area contributed by atoms with Crippen LogP contribution in [0.1, 0.15) is 39.2 Å². The maximum Gasteiger partial charge on any atom is 0.260 e. The van der Waals surface area contributed by atoms with Crippen LogP contribution in [0.3, 0.4) is 0 Å². The van der Waals surface area contributed by atoms with Crippen LogP contribution in [0, 0.1) is 5.92 Å². The molecule has 2 aliphatic rings. The lowest BCUT2D eigenvalue weighted by atomic mass is 10.0. The predicted molar refractivity (Wildman–Crippen MR) is 85.3 cm³/mol. The zero-order chi connectivity index (χ0) is 15.7. The highest BCUT2D eigenvalue weighted by atomic mass is 16.5. The lowest BCUT2D eigenvalue weighted by molar-refractivity contribution is -0.135. The minimum Gasteiger partial charge on any atom is -0.483 e. The summed E-state index contributed by atoms with van der Waals surface area (Å²) in [6.45, 7) is 8.11. The van der Waals surface area contributed by atoms with Gasteiger partial charge in [-0.15, -0.1) is 0 Å². The molecule has 0 unspecified atom stereocenters. The highest BCUT2D eigenvalue weighted by molar-refractivity contribution is 5.78. The summed E-state index contributed by atoms with van der Waals surface area (Å²) in [5.41, 5.74) is 0.954. The van der Waals surface area contributed by atoms with Crippen LogP contribution in [-0.2, 0) is 11.2 Å². The fraction of sp³-hybridized carbons (Fsp3) is 0.611. The van der Waals surface area contributed by atoms with E-state index in [9.17, 15) is 4.79 Å². The first-order valence-corrected chi connectivity index (χ1v) is 8.16. The third kappa shape index (κ3) is 3.21. The van der Waals surface area contributed by atoms with Crippen molar-refractivity contribution in [2.24, 2.45) is 5.92 Å². The molecule has 1 fully saturated rings. The minimum absolute atomic E-state index is 0.0708. The van der Waals surface area contributed by atoms with Crippen molar-refractivity contribution in [3.63, 3.8) is 0 Å². The van der Waals surface area contributed by atoms with Gasteiger partial charge in [0, 0.05) is 25.1 Å².